The van der Waals surface area contributed by atoms with E-state index in [0.29, 0.717) is 0 Å². The highest BCUT2D eigenvalue weighted by Gasteiger charge is 2.28. The Morgan fingerprint density at radius 1 is 0.562 bits per heavy atom. The Labute approximate surface area is 187 Å². The molecule has 0 saturated heterocycles. The van der Waals surface area contributed by atoms with Gasteiger partial charge in [0.05, 0.1) is 0 Å². The van der Waals surface area contributed by atoms with Crippen molar-refractivity contribution in [2.45, 2.75) is 25.2 Å². The third-order valence-corrected chi connectivity index (χ3v) is 6.93. The zero-order valence-corrected chi connectivity index (χ0v) is 17.8. The highest BCUT2D eigenvalue weighted by Crippen LogP contribution is 2.47. The lowest BCUT2D eigenvalue weighted by Gasteiger charge is -2.25. The number of aromatic hydroxyl groups is 2. The molecule has 0 aromatic heterocycles. The second-order valence-electron chi connectivity index (χ2n) is 8.75. The Morgan fingerprint density at radius 2 is 1.12 bits per heavy atom. The first-order valence-electron chi connectivity index (χ1n) is 11.2. The molecule has 0 bridgehead atoms. The van der Waals surface area contributed by atoms with Crippen LogP contribution in [0.25, 0.3) is 21.5 Å². The molecule has 0 atom stereocenters. The van der Waals surface area contributed by atoms with Gasteiger partial charge in [-0.15, -0.1) is 0 Å². The van der Waals surface area contributed by atoms with Crippen molar-refractivity contribution < 1.29 is 10.2 Å². The summed E-state index contributed by atoms with van der Waals surface area (Å²) in [5, 5.41) is 26.5. The van der Waals surface area contributed by atoms with Gasteiger partial charge in [0.25, 0.3) is 0 Å². The first-order valence-corrected chi connectivity index (χ1v) is 11.2. The maximum absolute atomic E-state index is 11.2. The van der Waals surface area contributed by atoms with Gasteiger partial charge in [0.2, 0.25) is 0 Å². The summed E-state index contributed by atoms with van der Waals surface area (Å²) in [6.45, 7) is 0. The quantitative estimate of drug-likeness (QED) is 0.309. The molecule has 2 nitrogen and oxygen atoms in total. The summed E-state index contributed by atoms with van der Waals surface area (Å²) in [6, 6.07) is 30.5. The number of rotatable bonds is 3. The van der Waals surface area contributed by atoms with Crippen LogP contribution >= 0.6 is 0 Å². The van der Waals surface area contributed by atoms with Crippen LogP contribution in [0, 0.1) is 0 Å². The van der Waals surface area contributed by atoms with Crippen LogP contribution in [0.3, 0.4) is 0 Å². The first kappa shape index (κ1) is 18.9. The molecule has 0 unspecified atom stereocenters. The summed E-state index contributed by atoms with van der Waals surface area (Å²) >= 11 is 0. The van der Waals surface area contributed by atoms with Crippen molar-refractivity contribution in [3.63, 3.8) is 0 Å². The summed E-state index contributed by atoms with van der Waals surface area (Å²) in [4.78, 5) is 0. The smallest absolute Gasteiger partial charge is 0.120 e. The molecule has 1 aliphatic rings. The molecule has 0 heterocycles. The molecule has 2 heteroatoms. The van der Waals surface area contributed by atoms with Crippen LogP contribution in [0.2, 0.25) is 0 Å². The number of phenols is 2. The Morgan fingerprint density at radius 3 is 1.75 bits per heavy atom. The van der Waals surface area contributed by atoms with Crippen LogP contribution in [-0.2, 0) is 12.8 Å². The average molecular weight is 417 g/mol. The van der Waals surface area contributed by atoms with Crippen LogP contribution in [0.15, 0.2) is 91.0 Å². The molecule has 2 N–H and O–H groups in total. The molecular weight excluding hydrogens is 392 g/mol. The molecular formula is C30H24O2. The Bertz CT molecular complexity index is 1400. The molecule has 0 radical (unpaired) electrons. The van der Waals surface area contributed by atoms with E-state index in [2.05, 4.69) is 42.5 Å². The van der Waals surface area contributed by atoms with Gasteiger partial charge in [-0.1, -0.05) is 78.9 Å². The summed E-state index contributed by atoms with van der Waals surface area (Å²) < 4.78 is 0. The van der Waals surface area contributed by atoms with Crippen molar-refractivity contribution in [2.75, 3.05) is 0 Å². The van der Waals surface area contributed by atoms with E-state index in [1.54, 1.807) is 12.1 Å². The van der Waals surface area contributed by atoms with Crippen LogP contribution in [0.5, 0.6) is 11.5 Å². The van der Waals surface area contributed by atoms with Gasteiger partial charge in [-0.3, -0.25) is 0 Å². The van der Waals surface area contributed by atoms with Crippen LogP contribution in [0.4, 0.5) is 0 Å². The Balaban J connectivity index is 1.73. The molecule has 156 valence electrons. The van der Waals surface area contributed by atoms with E-state index in [9.17, 15) is 10.2 Å². The predicted octanol–water partition coefficient (Wildman–Crippen LogP) is 7.07. The van der Waals surface area contributed by atoms with Gasteiger partial charge in [0, 0.05) is 17.0 Å². The van der Waals surface area contributed by atoms with Gasteiger partial charge in [-0.05, 0) is 69.6 Å². The fourth-order valence-electron chi connectivity index (χ4n) is 5.42. The number of aryl methyl sites for hydroxylation is 2. The number of hydrogen-bond acceptors (Lipinski definition) is 2. The van der Waals surface area contributed by atoms with Crippen molar-refractivity contribution >= 4 is 21.5 Å². The maximum Gasteiger partial charge on any atom is 0.120 e. The number of fused-ring (bicyclic) bond motifs is 3. The minimum atomic E-state index is -0.293. The molecule has 5 aromatic carbocycles. The van der Waals surface area contributed by atoms with Gasteiger partial charge in [-0.2, -0.15) is 0 Å². The zero-order valence-electron chi connectivity index (χ0n) is 17.8. The molecule has 0 saturated carbocycles. The lowest BCUT2D eigenvalue weighted by molar-refractivity contribution is 0.460. The summed E-state index contributed by atoms with van der Waals surface area (Å²) in [5.74, 6) is 0.209. The van der Waals surface area contributed by atoms with Crippen molar-refractivity contribution in [2.24, 2.45) is 0 Å². The van der Waals surface area contributed by atoms with Crippen molar-refractivity contribution in [1.82, 2.24) is 0 Å². The molecule has 32 heavy (non-hydrogen) atoms. The predicted molar refractivity (Wildman–Crippen MR) is 131 cm³/mol. The van der Waals surface area contributed by atoms with E-state index in [0.717, 1.165) is 51.1 Å². The highest BCUT2D eigenvalue weighted by atomic mass is 16.3. The molecule has 6 rings (SSSR count). The van der Waals surface area contributed by atoms with Crippen molar-refractivity contribution in [3.05, 3.63) is 119 Å². The third-order valence-electron chi connectivity index (χ3n) is 6.93. The second kappa shape index (κ2) is 7.42. The van der Waals surface area contributed by atoms with Crippen LogP contribution in [-0.4, -0.2) is 10.2 Å². The minimum absolute atomic E-state index is 0.251. The lowest BCUT2D eigenvalue weighted by atomic mass is 9.79. The molecule has 1 aliphatic carbocycles. The normalized spacial score (nSPS) is 13.2. The third kappa shape index (κ3) is 2.95. The molecule has 0 aliphatic heterocycles. The lowest BCUT2D eigenvalue weighted by Crippen LogP contribution is -2.07. The SMILES string of the molecule is Oc1ccc2ccccc2c1C(c1ccc2c(c1)CCC2)c1c(O)ccc2ccccc12. The summed E-state index contributed by atoms with van der Waals surface area (Å²) in [6.07, 6.45) is 3.39. The fraction of sp³-hybridized carbons (Fsp3) is 0.133. The van der Waals surface area contributed by atoms with Crippen LogP contribution < -0.4 is 0 Å². The number of hydrogen-bond donors (Lipinski definition) is 2. The summed E-state index contributed by atoms with van der Waals surface area (Å²) in [5.41, 5.74) is 5.58. The van der Waals surface area contributed by atoms with Gasteiger partial charge in [0.1, 0.15) is 11.5 Å². The van der Waals surface area contributed by atoms with E-state index >= 15 is 0 Å². The largest absolute Gasteiger partial charge is 0.508 e. The van der Waals surface area contributed by atoms with Crippen molar-refractivity contribution in [1.29, 1.82) is 0 Å². The first-order chi connectivity index (χ1) is 15.7. The van der Waals surface area contributed by atoms with Gasteiger partial charge >= 0.3 is 0 Å². The molecule has 0 spiro atoms. The van der Waals surface area contributed by atoms with E-state index < -0.39 is 0 Å². The van der Waals surface area contributed by atoms with E-state index in [1.165, 1.54) is 17.5 Å². The maximum atomic E-state index is 11.2. The van der Waals surface area contributed by atoms with E-state index in [4.69, 9.17) is 0 Å². The van der Waals surface area contributed by atoms with Crippen molar-refractivity contribution in [3.8, 4) is 11.5 Å². The van der Waals surface area contributed by atoms with Crippen LogP contribution in [0.1, 0.15) is 40.2 Å². The monoisotopic (exact) mass is 416 g/mol. The van der Waals surface area contributed by atoms with Gasteiger partial charge in [0.15, 0.2) is 0 Å². The molecule has 0 amide bonds. The van der Waals surface area contributed by atoms with E-state index in [-0.39, 0.29) is 17.4 Å². The zero-order chi connectivity index (χ0) is 21.7. The standard InChI is InChI=1S/C30H24O2/c31-26-16-14-20-6-1-3-10-24(20)29(26)28(23-13-12-19-8-5-9-22(19)18-23)30-25-11-4-2-7-21(25)15-17-27(30)32/h1-4,6-7,10-18,28,31-32H,5,8-9H2. The number of phenolic OH excluding ortho intramolecular Hbond substituents is 2. The molecule has 5 aromatic rings. The van der Waals surface area contributed by atoms with Gasteiger partial charge in [-0.25, -0.2) is 0 Å². The minimum Gasteiger partial charge on any atom is -0.508 e. The average Bonchev–Trinajstić information content (AvgIpc) is 3.30. The number of benzene rings is 5. The van der Waals surface area contributed by atoms with E-state index in [1.807, 2.05) is 36.4 Å². The fourth-order valence-corrected chi connectivity index (χ4v) is 5.42. The van der Waals surface area contributed by atoms with Gasteiger partial charge < -0.3 is 10.2 Å². The Hall–Kier alpha value is -3.78. The summed E-state index contributed by atoms with van der Waals surface area (Å²) in [7, 11) is 0. The topological polar surface area (TPSA) is 40.5 Å². The molecule has 0 fully saturated rings. The second-order valence-corrected chi connectivity index (χ2v) is 8.75. The highest BCUT2D eigenvalue weighted by molar-refractivity contribution is 5.93. The Kier molecular flexibility index (Phi) is 4.39.